The highest BCUT2D eigenvalue weighted by molar-refractivity contribution is 6.01. The zero-order chi connectivity index (χ0) is 20.1. The van der Waals surface area contributed by atoms with E-state index in [1.807, 2.05) is 18.2 Å². The van der Waals surface area contributed by atoms with Gasteiger partial charge in [-0.15, -0.1) is 0 Å². The minimum atomic E-state index is -0.981. The highest BCUT2D eigenvalue weighted by Crippen LogP contribution is 2.40. The molecule has 1 amide bonds. The topological polar surface area (TPSA) is 106 Å². The molecule has 2 aromatic heterocycles. The fourth-order valence-corrected chi connectivity index (χ4v) is 4.99. The van der Waals surface area contributed by atoms with Crippen LogP contribution in [0.1, 0.15) is 32.1 Å². The van der Waals surface area contributed by atoms with E-state index in [0.717, 1.165) is 31.1 Å². The molecular formula is C21H21N3O5. The maximum atomic E-state index is 13.1. The predicted octanol–water partition coefficient (Wildman–Crippen LogP) is 2.39. The van der Waals surface area contributed by atoms with Crippen molar-refractivity contribution < 1.29 is 19.1 Å². The Morgan fingerprint density at radius 3 is 2.83 bits per heavy atom. The molecule has 1 saturated carbocycles. The molecule has 150 valence electrons. The summed E-state index contributed by atoms with van der Waals surface area (Å²) in [6.07, 6.45) is 5.65. The first-order chi connectivity index (χ1) is 14.0. The number of aromatic nitrogens is 2. The average Bonchev–Trinajstić information content (AvgIpc) is 3.29. The molecule has 29 heavy (non-hydrogen) atoms. The third kappa shape index (κ3) is 2.82. The highest BCUT2D eigenvalue weighted by Gasteiger charge is 2.47. The van der Waals surface area contributed by atoms with Gasteiger partial charge in [0.05, 0.1) is 6.33 Å². The van der Waals surface area contributed by atoms with Crippen molar-refractivity contribution in [3.05, 3.63) is 40.9 Å². The molecule has 2 fully saturated rings. The molecule has 0 spiro atoms. The Labute approximate surface area is 165 Å². The molecule has 3 heterocycles. The fourth-order valence-electron chi connectivity index (χ4n) is 4.99. The Bertz CT molecular complexity index is 1180. The van der Waals surface area contributed by atoms with Crippen molar-refractivity contribution in [1.82, 2.24) is 14.5 Å². The van der Waals surface area contributed by atoms with E-state index in [4.69, 9.17) is 4.42 Å². The summed E-state index contributed by atoms with van der Waals surface area (Å²) in [6.45, 7) is -0.244. The van der Waals surface area contributed by atoms with Gasteiger partial charge in [-0.1, -0.05) is 25.0 Å². The number of fused-ring (bicyclic) bond motifs is 4. The third-order valence-corrected chi connectivity index (χ3v) is 6.32. The van der Waals surface area contributed by atoms with Crippen molar-refractivity contribution in [1.29, 1.82) is 0 Å². The Balaban J connectivity index is 1.49. The smallest absolute Gasteiger partial charge is 0.326 e. The molecule has 1 aromatic carbocycles. The molecule has 8 heteroatoms. The van der Waals surface area contributed by atoms with Gasteiger partial charge >= 0.3 is 5.97 Å². The lowest BCUT2D eigenvalue weighted by molar-refractivity contribution is -0.150. The first kappa shape index (κ1) is 17.9. The molecule has 3 aromatic rings. The van der Waals surface area contributed by atoms with Crippen LogP contribution >= 0.6 is 0 Å². The molecule has 2 aliphatic rings. The minimum Gasteiger partial charge on any atom is -0.480 e. The number of likely N-dealkylation sites (tertiary alicyclic amines) is 1. The number of para-hydroxylation sites is 1. The summed E-state index contributed by atoms with van der Waals surface area (Å²) in [7, 11) is 0. The van der Waals surface area contributed by atoms with Crippen LogP contribution in [-0.4, -0.2) is 43.5 Å². The van der Waals surface area contributed by atoms with Crippen LogP contribution in [-0.2, 0) is 16.1 Å². The van der Waals surface area contributed by atoms with E-state index in [2.05, 4.69) is 4.98 Å². The number of benzene rings is 1. The number of rotatable bonds is 3. The number of hydrogen-bond acceptors (Lipinski definition) is 5. The van der Waals surface area contributed by atoms with Crippen LogP contribution < -0.4 is 5.56 Å². The van der Waals surface area contributed by atoms with Gasteiger partial charge in [0.2, 0.25) is 11.5 Å². The second-order valence-electron chi connectivity index (χ2n) is 7.96. The van der Waals surface area contributed by atoms with Crippen LogP contribution in [0, 0.1) is 5.92 Å². The van der Waals surface area contributed by atoms with Crippen molar-refractivity contribution in [3.63, 3.8) is 0 Å². The van der Waals surface area contributed by atoms with E-state index in [1.165, 1.54) is 15.8 Å². The molecule has 1 N–H and O–H groups in total. The van der Waals surface area contributed by atoms with Crippen LogP contribution in [0.4, 0.5) is 0 Å². The number of carboxylic acid groups (broad SMARTS) is 1. The number of nitrogens with zero attached hydrogens (tertiary/aromatic N) is 3. The maximum Gasteiger partial charge on any atom is 0.326 e. The van der Waals surface area contributed by atoms with Crippen LogP contribution in [0.15, 0.2) is 39.8 Å². The van der Waals surface area contributed by atoms with Crippen molar-refractivity contribution in [2.75, 3.05) is 0 Å². The van der Waals surface area contributed by atoms with Crippen LogP contribution in [0.25, 0.3) is 22.1 Å². The second-order valence-corrected chi connectivity index (χ2v) is 7.96. The van der Waals surface area contributed by atoms with Gasteiger partial charge in [0, 0.05) is 11.4 Å². The predicted molar refractivity (Wildman–Crippen MR) is 104 cm³/mol. The summed E-state index contributed by atoms with van der Waals surface area (Å²) in [4.78, 5) is 43.6. The van der Waals surface area contributed by atoms with Crippen molar-refractivity contribution in [2.24, 2.45) is 5.92 Å². The first-order valence-corrected chi connectivity index (χ1v) is 9.95. The summed E-state index contributed by atoms with van der Waals surface area (Å²) in [5.41, 5.74) is 0.692. The zero-order valence-corrected chi connectivity index (χ0v) is 15.8. The number of hydrogen-bond donors (Lipinski definition) is 1. The minimum absolute atomic E-state index is 0.0593. The number of aliphatic carboxylic acids is 1. The normalized spacial score (nSPS) is 24.1. The molecular weight excluding hydrogens is 374 g/mol. The van der Waals surface area contributed by atoms with E-state index >= 15 is 0 Å². The van der Waals surface area contributed by atoms with Crippen LogP contribution in [0.3, 0.4) is 0 Å². The fraction of sp³-hybridized carbons (Fsp3) is 0.429. The Kier molecular flexibility index (Phi) is 4.15. The average molecular weight is 395 g/mol. The number of amides is 1. The largest absolute Gasteiger partial charge is 0.480 e. The molecule has 1 aliphatic heterocycles. The van der Waals surface area contributed by atoms with Crippen LogP contribution in [0.2, 0.25) is 0 Å². The monoisotopic (exact) mass is 395 g/mol. The van der Waals surface area contributed by atoms with Crippen molar-refractivity contribution >= 4 is 33.9 Å². The van der Waals surface area contributed by atoms with Gasteiger partial charge in [-0.2, -0.15) is 0 Å². The quantitative estimate of drug-likeness (QED) is 0.730. The second kappa shape index (κ2) is 6.72. The molecule has 1 aliphatic carbocycles. The standard InChI is InChI=1S/C21H21N3O5/c25-17(24-14-7-3-1-5-12(14)9-15(24)21(27)28)10-23-11-22-18-13-6-2-4-8-16(13)29-19(18)20(23)26/h2,4,6,8,11-12,14-15H,1,3,5,7,9-10H2,(H,27,28). The van der Waals surface area contributed by atoms with Crippen molar-refractivity contribution in [2.45, 2.75) is 50.7 Å². The highest BCUT2D eigenvalue weighted by atomic mass is 16.4. The molecule has 1 saturated heterocycles. The Hall–Kier alpha value is -3.16. The molecule has 0 bridgehead atoms. The maximum absolute atomic E-state index is 13.1. The van der Waals surface area contributed by atoms with E-state index in [-0.39, 0.29) is 30.0 Å². The SMILES string of the molecule is O=C(O)C1CC2CCCCC2N1C(=O)Cn1cnc2c(oc3ccccc32)c1=O. The van der Waals surface area contributed by atoms with E-state index in [9.17, 15) is 19.5 Å². The van der Waals surface area contributed by atoms with Gasteiger partial charge in [0.1, 0.15) is 23.7 Å². The summed E-state index contributed by atoms with van der Waals surface area (Å²) >= 11 is 0. The number of carbonyl (C=O) groups excluding carboxylic acids is 1. The van der Waals surface area contributed by atoms with Gasteiger partial charge in [-0.05, 0) is 37.3 Å². The summed E-state index contributed by atoms with van der Waals surface area (Å²) in [5, 5.41) is 10.4. The lowest BCUT2D eigenvalue weighted by atomic mass is 9.85. The number of carbonyl (C=O) groups is 2. The Morgan fingerprint density at radius 1 is 1.21 bits per heavy atom. The van der Waals surface area contributed by atoms with Gasteiger partial charge in [0.15, 0.2) is 0 Å². The van der Waals surface area contributed by atoms with Gasteiger partial charge in [-0.25, -0.2) is 9.78 Å². The summed E-state index contributed by atoms with van der Waals surface area (Å²) in [5.74, 6) is -1.11. The van der Waals surface area contributed by atoms with Crippen LogP contribution in [0.5, 0.6) is 0 Å². The van der Waals surface area contributed by atoms with Gasteiger partial charge < -0.3 is 14.4 Å². The van der Waals surface area contributed by atoms with E-state index in [1.54, 1.807) is 6.07 Å². The molecule has 5 rings (SSSR count). The molecule has 8 nitrogen and oxygen atoms in total. The molecule has 3 atom stereocenters. The molecule has 0 radical (unpaired) electrons. The zero-order valence-electron chi connectivity index (χ0n) is 15.8. The lowest BCUT2D eigenvalue weighted by Crippen LogP contribution is -2.48. The molecule has 3 unspecified atom stereocenters. The summed E-state index contributed by atoms with van der Waals surface area (Å²) < 4.78 is 6.87. The van der Waals surface area contributed by atoms with Crippen molar-refractivity contribution in [3.8, 4) is 0 Å². The van der Waals surface area contributed by atoms with E-state index in [0.29, 0.717) is 17.5 Å². The summed E-state index contributed by atoms with van der Waals surface area (Å²) in [6, 6.07) is 6.36. The van der Waals surface area contributed by atoms with Gasteiger partial charge in [0.25, 0.3) is 5.56 Å². The van der Waals surface area contributed by atoms with Gasteiger partial charge in [-0.3, -0.25) is 14.2 Å². The number of carboxylic acids is 1. The lowest BCUT2D eigenvalue weighted by Gasteiger charge is -2.33. The third-order valence-electron chi connectivity index (χ3n) is 6.32. The number of furan rings is 1. The first-order valence-electron chi connectivity index (χ1n) is 9.95. The Morgan fingerprint density at radius 2 is 2.00 bits per heavy atom. The van der Waals surface area contributed by atoms with E-state index < -0.39 is 17.6 Å².